The first kappa shape index (κ1) is 15.0. The second-order valence-electron chi connectivity index (χ2n) is 5.16. The van der Waals surface area contributed by atoms with Gasteiger partial charge in [0.05, 0.1) is 15.8 Å². The number of hydrogen-bond donors (Lipinski definition) is 2. The first-order valence-corrected chi connectivity index (χ1v) is 7.34. The molecular weight excluding hydrogens is 319 g/mol. The number of halogens is 3. The van der Waals surface area contributed by atoms with E-state index in [4.69, 9.17) is 5.73 Å². The van der Waals surface area contributed by atoms with Gasteiger partial charge in [-0.05, 0) is 31.4 Å². The minimum Gasteiger partial charge on any atom is -0.406 e. The minimum absolute atomic E-state index is 0.306. The molecule has 0 saturated heterocycles. The fourth-order valence-electron chi connectivity index (χ4n) is 2.16. The second-order valence-corrected chi connectivity index (χ2v) is 6.19. The fourth-order valence-corrected chi connectivity index (χ4v) is 3.05. The molecule has 1 fully saturated rings. The maximum absolute atomic E-state index is 12.2. The topological polar surface area (TPSA) is 77.2 Å². The third-order valence-electron chi connectivity index (χ3n) is 3.51. The van der Waals surface area contributed by atoms with Crippen molar-refractivity contribution in [3.05, 3.63) is 18.2 Å². The first-order chi connectivity index (χ1) is 10.3. The van der Waals surface area contributed by atoms with Crippen LogP contribution in [-0.4, -0.2) is 22.8 Å². The molecule has 1 aliphatic rings. The number of nitrogens with one attached hydrogen (secondary N) is 1. The summed E-state index contributed by atoms with van der Waals surface area (Å²) >= 11 is 1.07. The van der Waals surface area contributed by atoms with E-state index in [2.05, 4.69) is 15.0 Å². The van der Waals surface area contributed by atoms with Gasteiger partial charge in [0, 0.05) is 6.07 Å². The summed E-state index contributed by atoms with van der Waals surface area (Å²) in [6.07, 6.45) is -2.60. The lowest BCUT2D eigenvalue weighted by atomic mass is 9.77. The van der Waals surface area contributed by atoms with Crippen molar-refractivity contribution in [1.29, 1.82) is 0 Å². The van der Waals surface area contributed by atoms with E-state index in [1.165, 1.54) is 18.2 Å². The van der Waals surface area contributed by atoms with Crippen molar-refractivity contribution in [3.63, 3.8) is 0 Å². The van der Waals surface area contributed by atoms with E-state index in [9.17, 15) is 18.0 Å². The molecule has 5 nitrogen and oxygen atoms in total. The molecular formula is C13H12F3N3O2S. The standard InChI is InChI=1S/C13H12F3N3O2S/c14-13(15,16)21-7-2-3-8-9(6-7)22-11(18-8)19-10(20)12(17)4-1-5-12/h2-3,6H,1,4-5,17H2,(H,18,19,20). The predicted octanol–water partition coefficient (Wildman–Crippen LogP) is 3.01. The van der Waals surface area contributed by atoms with Gasteiger partial charge in [0.1, 0.15) is 5.75 Å². The number of hydrogen-bond acceptors (Lipinski definition) is 5. The zero-order chi connectivity index (χ0) is 16.0. The minimum atomic E-state index is -4.74. The third kappa shape index (κ3) is 3.00. The van der Waals surface area contributed by atoms with Crippen LogP contribution in [0.5, 0.6) is 5.75 Å². The number of alkyl halides is 3. The quantitative estimate of drug-likeness (QED) is 0.906. The number of benzene rings is 1. The lowest BCUT2D eigenvalue weighted by molar-refractivity contribution is -0.274. The number of carbonyl (C=O) groups excluding carboxylic acids is 1. The van der Waals surface area contributed by atoms with Gasteiger partial charge in [-0.2, -0.15) is 0 Å². The Morgan fingerprint density at radius 3 is 2.73 bits per heavy atom. The van der Waals surface area contributed by atoms with Gasteiger partial charge in [-0.15, -0.1) is 13.2 Å². The summed E-state index contributed by atoms with van der Waals surface area (Å²) in [5, 5.41) is 2.93. The van der Waals surface area contributed by atoms with Crippen LogP contribution in [0.4, 0.5) is 18.3 Å². The van der Waals surface area contributed by atoms with Crippen molar-refractivity contribution in [2.24, 2.45) is 5.73 Å². The Kier molecular flexibility index (Phi) is 3.48. The Hall–Kier alpha value is -1.87. The van der Waals surface area contributed by atoms with Gasteiger partial charge in [0.2, 0.25) is 5.91 Å². The van der Waals surface area contributed by atoms with E-state index in [1.807, 2.05) is 0 Å². The Balaban J connectivity index is 1.79. The molecule has 22 heavy (non-hydrogen) atoms. The van der Waals surface area contributed by atoms with Crippen LogP contribution < -0.4 is 15.8 Å². The highest BCUT2D eigenvalue weighted by molar-refractivity contribution is 7.22. The summed E-state index contributed by atoms with van der Waals surface area (Å²) in [6.45, 7) is 0. The maximum Gasteiger partial charge on any atom is 0.573 e. The van der Waals surface area contributed by atoms with E-state index in [1.54, 1.807) is 0 Å². The van der Waals surface area contributed by atoms with Crippen LogP contribution in [-0.2, 0) is 4.79 Å². The average Bonchev–Trinajstić information content (AvgIpc) is 2.75. The number of amides is 1. The van der Waals surface area contributed by atoms with E-state index in [0.717, 1.165) is 17.8 Å². The molecule has 9 heteroatoms. The Bertz CT molecular complexity index is 725. The normalized spacial score (nSPS) is 17.1. The number of aromatic nitrogens is 1. The molecule has 0 atom stereocenters. The molecule has 0 bridgehead atoms. The summed E-state index contributed by atoms with van der Waals surface area (Å²) in [4.78, 5) is 16.2. The zero-order valence-electron chi connectivity index (χ0n) is 11.2. The number of carbonyl (C=O) groups is 1. The highest BCUT2D eigenvalue weighted by Crippen LogP contribution is 2.34. The molecule has 0 aliphatic heterocycles. The molecule has 1 amide bonds. The van der Waals surface area contributed by atoms with E-state index < -0.39 is 11.9 Å². The number of ether oxygens (including phenoxy) is 1. The Morgan fingerprint density at radius 1 is 1.41 bits per heavy atom. The van der Waals surface area contributed by atoms with Crippen molar-refractivity contribution in [2.45, 2.75) is 31.2 Å². The number of nitrogens with zero attached hydrogens (tertiary/aromatic N) is 1. The van der Waals surface area contributed by atoms with E-state index in [-0.39, 0.29) is 11.7 Å². The monoisotopic (exact) mass is 331 g/mol. The maximum atomic E-state index is 12.2. The molecule has 0 spiro atoms. The largest absolute Gasteiger partial charge is 0.573 e. The van der Waals surface area contributed by atoms with Crippen LogP contribution in [0.1, 0.15) is 19.3 Å². The van der Waals surface area contributed by atoms with Crippen LogP contribution in [0, 0.1) is 0 Å². The predicted molar refractivity (Wildman–Crippen MR) is 75.7 cm³/mol. The molecule has 1 saturated carbocycles. The summed E-state index contributed by atoms with van der Waals surface area (Å²) in [5.74, 6) is -0.639. The highest BCUT2D eigenvalue weighted by atomic mass is 32.1. The third-order valence-corrected chi connectivity index (χ3v) is 4.45. The SMILES string of the molecule is NC1(C(=O)Nc2nc3ccc(OC(F)(F)F)cc3s2)CCC1. The van der Waals surface area contributed by atoms with E-state index in [0.29, 0.717) is 28.2 Å². The second kappa shape index (κ2) is 5.10. The van der Waals surface area contributed by atoms with Crippen LogP contribution in [0.3, 0.4) is 0 Å². The molecule has 1 heterocycles. The number of fused-ring (bicyclic) bond motifs is 1. The fraction of sp³-hybridized carbons (Fsp3) is 0.385. The number of rotatable bonds is 3. The van der Waals surface area contributed by atoms with Gasteiger partial charge in [-0.25, -0.2) is 4.98 Å². The van der Waals surface area contributed by atoms with Crippen LogP contribution in [0.2, 0.25) is 0 Å². The molecule has 2 aromatic rings. The average molecular weight is 331 g/mol. The van der Waals surface area contributed by atoms with Crippen molar-refractivity contribution in [3.8, 4) is 5.75 Å². The number of anilines is 1. The van der Waals surface area contributed by atoms with Gasteiger partial charge in [0.25, 0.3) is 0 Å². The molecule has 1 aliphatic carbocycles. The van der Waals surface area contributed by atoms with Crippen molar-refractivity contribution in [1.82, 2.24) is 4.98 Å². The van der Waals surface area contributed by atoms with Gasteiger partial charge < -0.3 is 15.8 Å². The molecule has 3 rings (SSSR count). The molecule has 0 radical (unpaired) electrons. The van der Waals surface area contributed by atoms with Crippen LogP contribution >= 0.6 is 11.3 Å². The molecule has 0 unspecified atom stereocenters. The van der Waals surface area contributed by atoms with Crippen LogP contribution in [0.15, 0.2) is 18.2 Å². The van der Waals surface area contributed by atoms with Gasteiger partial charge in [0.15, 0.2) is 5.13 Å². The van der Waals surface area contributed by atoms with Crippen LogP contribution in [0.25, 0.3) is 10.2 Å². The van der Waals surface area contributed by atoms with Gasteiger partial charge in [-0.3, -0.25) is 4.79 Å². The molecule has 118 valence electrons. The Morgan fingerprint density at radius 2 is 2.14 bits per heavy atom. The number of thiazole rings is 1. The summed E-state index contributed by atoms with van der Waals surface area (Å²) in [5.41, 5.74) is 5.52. The Labute approximate surface area is 127 Å². The summed E-state index contributed by atoms with van der Waals surface area (Å²) < 4.78 is 40.9. The molecule has 3 N–H and O–H groups in total. The zero-order valence-corrected chi connectivity index (χ0v) is 12.1. The lowest BCUT2D eigenvalue weighted by Crippen LogP contribution is -2.56. The highest BCUT2D eigenvalue weighted by Gasteiger charge is 2.40. The summed E-state index contributed by atoms with van der Waals surface area (Å²) in [7, 11) is 0. The summed E-state index contributed by atoms with van der Waals surface area (Å²) in [6, 6.07) is 3.82. The first-order valence-electron chi connectivity index (χ1n) is 6.52. The van der Waals surface area contributed by atoms with Crippen molar-refractivity contribution < 1.29 is 22.7 Å². The molecule has 1 aromatic heterocycles. The van der Waals surface area contributed by atoms with Crippen molar-refractivity contribution >= 4 is 32.6 Å². The molecule has 1 aromatic carbocycles. The lowest BCUT2D eigenvalue weighted by Gasteiger charge is -2.35. The smallest absolute Gasteiger partial charge is 0.406 e. The van der Waals surface area contributed by atoms with Crippen molar-refractivity contribution in [2.75, 3.05) is 5.32 Å². The van der Waals surface area contributed by atoms with E-state index >= 15 is 0 Å². The van der Waals surface area contributed by atoms with Gasteiger partial charge in [-0.1, -0.05) is 11.3 Å². The van der Waals surface area contributed by atoms with Gasteiger partial charge >= 0.3 is 6.36 Å². The number of nitrogens with two attached hydrogens (primary N) is 1.